The Kier molecular flexibility index (Phi) is 2.92. The van der Waals surface area contributed by atoms with E-state index in [4.69, 9.17) is 0 Å². The first-order valence-electron chi connectivity index (χ1n) is 6.91. The van der Waals surface area contributed by atoms with Crippen molar-refractivity contribution in [1.82, 2.24) is 9.97 Å². The van der Waals surface area contributed by atoms with Crippen LogP contribution in [0.4, 0.5) is 5.82 Å². The van der Waals surface area contributed by atoms with Gasteiger partial charge in [-0.2, -0.15) is 0 Å². The first-order valence-corrected chi connectivity index (χ1v) is 6.91. The Bertz CT molecular complexity index is 503. The molecule has 0 aliphatic carbocycles. The highest BCUT2D eigenvalue weighted by atomic mass is 16.4. The van der Waals surface area contributed by atoms with Gasteiger partial charge < -0.3 is 10.0 Å². The largest absolute Gasteiger partial charge is 0.481 e. The predicted octanol–water partition coefficient (Wildman–Crippen LogP) is 2.04. The van der Waals surface area contributed by atoms with Crippen molar-refractivity contribution in [2.75, 3.05) is 4.90 Å². The van der Waals surface area contributed by atoms with Gasteiger partial charge in [0, 0.05) is 23.8 Å². The van der Waals surface area contributed by atoms with E-state index in [2.05, 4.69) is 28.7 Å². The highest BCUT2D eigenvalue weighted by Gasteiger charge is 2.49. The van der Waals surface area contributed by atoms with Crippen LogP contribution in [0.5, 0.6) is 0 Å². The summed E-state index contributed by atoms with van der Waals surface area (Å²) in [6, 6.07) is 2.46. The van der Waals surface area contributed by atoms with Crippen molar-refractivity contribution in [3.8, 4) is 0 Å². The van der Waals surface area contributed by atoms with E-state index >= 15 is 0 Å². The molecule has 2 aliphatic rings. The molecule has 0 radical (unpaired) electrons. The Morgan fingerprint density at radius 1 is 1.42 bits per heavy atom. The van der Waals surface area contributed by atoms with Crippen LogP contribution in [0, 0.1) is 5.92 Å². The van der Waals surface area contributed by atoms with Crippen molar-refractivity contribution in [2.45, 2.75) is 51.1 Å². The molecule has 0 spiro atoms. The number of anilines is 1. The second-order valence-corrected chi connectivity index (χ2v) is 5.84. The Morgan fingerprint density at radius 2 is 2.21 bits per heavy atom. The first kappa shape index (κ1) is 12.4. The third-order valence-electron chi connectivity index (χ3n) is 4.38. The first-order chi connectivity index (χ1) is 9.08. The summed E-state index contributed by atoms with van der Waals surface area (Å²) < 4.78 is 0. The van der Waals surface area contributed by atoms with Crippen LogP contribution in [0.15, 0.2) is 12.4 Å². The Labute approximate surface area is 112 Å². The molecule has 3 atom stereocenters. The Morgan fingerprint density at radius 3 is 2.84 bits per heavy atom. The number of hydrogen-bond donors (Lipinski definition) is 1. The minimum Gasteiger partial charge on any atom is -0.481 e. The van der Waals surface area contributed by atoms with Crippen LogP contribution in [0.3, 0.4) is 0 Å². The molecule has 2 fully saturated rings. The molecule has 2 aliphatic heterocycles. The van der Waals surface area contributed by atoms with Crippen LogP contribution in [0.25, 0.3) is 0 Å². The molecule has 3 rings (SSSR count). The van der Waals surface area contributed by atoms with Gasteiger partial charge in [0.1, 0.15) is 12.1 Å². The van der Waals surface area contributed by atoms with E-state index < -0.39 is 5.97 Å². The molecule has 5 nitrogen and oxygen atoms in total. The molecular formula is C14H19N3O2. The molecule has 19 heavy (non-hydrogen) atoms. The van der Waals surface area contributed by atoms with Gasteiger partial charge in [-0.1, -0.05) is 13.8 Å². The van der Waals surface area contributed by atoms with Crippen molar-refractivity contribution >= 4 is 11.8 Å². The van der Waals surface area contributed by atoms with Crippen LogP contribution >= 0.6 is 0 Å². The number of rotatable bonds is 3. The van der Waals surface area contributed by atoms with Crippen LogP contribution in [-0.4, -0.2) is 33.1 Å². The maximum Gasteiger partial charge on any atom is 0.308 e. The molecule has 3 heterocycles. The lowest BCUT2D eigenvalue weighted by Crippen LogP contribution is -2.33. The lowest BCUT2D eigenvalue weighted by Gasteiger charge is -2.24. The summed E-state index contributed by atoms with van der Waals surface area (Å²) in [5, 5.41) is 9.28. The monoisotopic (exact) mass is 261 g/mol. The maximum atomic E-state index is 11.3. The van der Waals surface area contributed by atoms with E-state index in [1.807, 2.05) is 6.07 Å². The maximum absolute atomic E-state index is 11.3. The molecule has 0 saturated carbocycles. The van der Waals surface area contributed by atoms with E-state index in [0.717, 1.165) is 30.8 Å². The third kappa shape index (κ3) is 1.97. The number of aliphatic carboxylic acids is 1. The van der Waals surface area contributed by atoms with E-state index in [1.54, 1.807) is 6.33 Å². The summed E-state index contributed by atoms with van der Waals surface area (Å²) in [6.45, 7) is 4.20. The van der Waals surface area contributed by atoms with Crippen molar-refractivity contribution in [1.29, 1.82) is 0 Å². The molecule has 2 bridgehead atoms. The summed E-state index contributed by atoms with van der Waals surface area (Å²) in [4.78, 5) is 22.1. The smallest absolute Gasteiger partial charge is 0.308 e. The highest BCUT2D eigenvalue weighted by Crippen LogP contribution is 2.44. The quantitative estimate of drug-likeness (QED) is 0.902. The summed E-state index contributed by atoms with van der Waals surface area (Å²) in [6.07, 6.45) is 4.39. The Balaban J connectivity index is 1.91. The van der Waals surface area contributed by atoms with Crippen molar-refractivity contribution < 1.29 is 9.90 Å². The number of hydrogen-bond acceptors (Lipinski definition) is 4. The number of carboxylic acid groups (broad SMARTS) is 1. The SMILES string of the molecule is CC(C)c1cc(N2C3CCC2C(C(=O)O)C3)ncn1. The molecule has 1 aromatic heterocycles. The van der Waals surface area contributed by atoms with Crippen molar-refractivity contribution in [2.24, 2.45) is 5.92 Å². The van der Waals surface area contributed by atoms with Gasteiger partial charge >= 0.3 is 5.97 Å². The minimum absolute atomic E-state index is 0.109. The zero-order valence-corrected chi connectivity index (χ0v) is 11.3. The number of fused-ring (bicyclic) bond motifs is 2. The predicted molar refractivity (Wildman–Crippen MR) is 71.2 cm³/mol. The van der Waals surface area contributed by atoms with Gasteiger partial charge in [-0.05, 0) is 25.2 Å². The van der Waals surface area contributed by atoms with Gasteiger partial charge in [-0.15, -0.1) is 0 Å². The second kappa shape index (κ2) is 4.47. The van der Waals surface area contributed by atoms with Gasteiger partial charge in [0.2, 0.25) is 0 Å². The normalized spacial score (nSPS) is 29.2. The number of nitrogens with zero attached hydrogens (tertiary/aromatic N) is 3. The van der Waals surface area contributed by atoms with Crippen LogP contribution in [0.2, 0.25) is 0 Å². The molecular weight excluding hydrogens is 242 g/mol. The number of carbonyl (C=O) groups is 1. The molecule has 1 aromatic rings. The molecule has 5 heteroatoms. The molecule has 0 amide bonds. The zero-order chi connectivity index (χ0) is 13.6. The van der Waals surface area contributed by atoms with Gasteiger partial charge in [-0.25, -0.2) is 9.97 Å². The summed E-state index contributed by atoms with van der Waals surface area (Å²) >= 11 is 0. The standard InChI is InChI=1S/C14H19N3O2/c1-8(2)11-6-13(16-7-15-11)17-9-3-4-12(17)10(5-9)14(18)19/h6-10,12H,3-5H2,1-2H3,(H,18,19). The van der Waals surface area contributed by atoms with Crippen LogP contribution < -0.4 is 4.90 Å². The second-order valence-electron chi connectivity index (χ2n) is 5.84. The minimum atomic E-state index is -0.671. The van der Waals surface area contributed by atoms with Gasteiger partial charge in [0.25, 0.3) is 0 Å². The molecule has 2 saturated heterocycles. The number of carboxylic acids is 1. The number of aromatic nitrogens is 2. The summed E-state index contributed by atoms with van der Waals surface area (Å²) in [5.41, 5.74) is 1.02. The highest BCUT2D eigenvalue weighted by molar-refractivity contribution is 5.73. The van der Waals surface area contributed by atoms with Gasteiger partial charge in [0.15, 0.2) is 0 Å². The van der Waals surface area contributed by atoms with Crippen molar-refractivity contribution in [3.05, 3.63) is 18.1 Å². The average molecular weight is 261 g/mol. The topological polar surface area (TPSA) is 66.3 Å². The fraction of sp³-hybridized carbons (Fsp3) is 0.643. The summed E-state index contributed by atoms with van der Waals surface area (Å²) in [7, 11) is 0. The molecule has 1 N–H and O–H groups in total. The zero-order valence-electron chi connectivity index (χ0n) is 11.3. The summed E-state index contributed by atoms with van der Waals surface area (Å²) in [5.74, 6) is 0.346. The van der Waals surface area contributed by atoms with Gasteiger partial charge in [0.05, 0.1) is 5.92 Å². The Hall–Kier alpha value is -1.65. The van der Waals surface area contributed by atoms with Crippen molar-refractivity contribution in [3.63, 3.8) is 0 Å². The van der Waals surface area contributed by atoms with E-state index in [1.165, 1.54) is 0 Å². The molecule has 0 aromatic carbocycles. The van der Waals surface area contributed by atoms with E-state index in [9.17, 15) is 9.90 Å². The molecule has 3 unspecified atom stereocenters. The third-order valence-corrected chi connectivity index (χ3v) is 4.38. The van der Waals surface area contributed by atoms with E-state index in [0.29, 0.717) is 12.0 Å². The molecule has 102 valence electrons. The van der Waals surface area contributed by atoms with Gasteiger partial charge in [-0.3, -0.25) is 4.79 Å². The van der Waals surface area contributed by atoms with Crippen LogP contribution in [0.1, 0.15) is 44.7 Å². The fourth-order valence-corrected chi connectivity index (χ4v) is 3.43. The van der Waals surface area contributed by atoms with E-state index in [-0.39, 0.29) is 12.0 Å². The fourth-order valence-electron chi connectivity index (χ4n) is 3.43. The lowest BCUT2D eigenvalue weighted by atomic mass is 9.89. The lowest BCUT2D eigenvalue weighted by molar-refractivity contribution is -0.142. The average Bonchev–Trinajstić information content (AvgIpc) is 2.96. The van der Waals surface area contributed by atoms with Crippen LogP contribution in [-0.2, 0) is 4.79 Å².